The first-order valence-corrected chi connectivity index (χ1v) is 8.48. The second-order valence-corrected chi connectivity index (χ2v) is 6.02. The molecule has 7 heteroatoms. The fourth-order valence-corrected chi connectivity index (χ4v) is 3.14. The molecule has 1 N–H and O–H groups in total. The van der Waals surface area contributed by atoms with Crippen molar-refractivity contribution < 1.29 is 14.2 Å². The van der Waals surface area contributed by atoms with Crippen LogP contribution in [0, 0.1) is 0 Å². The lowest BCUT2D eigenvalue weighted by Gasteiger charge is -2.37. The van der Waals surface area contributed by atoms with Crippen LogP contribution in [0.4, 0.5) is 0 Å². The minimum Gasteiger partial charge on any atom is -0.481 e. The molecule has 1 aromatic rings. The summed E-state index contributed by atoms with van der Waals surface area (Å²) in [6.07, 6.45) is 4.37. The molecule has 2 atom stereocenters. The van der Waals surface area contributed by atoms with E-state index in [-0.39, 0.29) is 12.2 Å². The monoisotopic (exact) mass is 334 g/mol. The average molecular weight is 334 g/mol. The fraction of sp³-hybridized carbons (Fsp3) is 0.647. The Labute approximate surface area is 143 Å². The van der Waals surface area contributed by atoms with Crippen LogP contribution in [-0.4, -0.2) is 68.5 Å². The molecule has 3 heterocycles. The summed E-state index contributed by atoms with van der Waals surface area (Å²) in [7, 11) is 3.43. The van der Waals surface area contributed by atoms with Gasteiger partial charge in [-0.05, 0) is 18.4 Å². The Kier molecular flexibility index (Phi) is 5.87. The molecule has 0 radical (unpaired) electrons. The molecule has 0 amide bonds. The van der Waals surface area contributed by atoms with Crippen LogP contribution in [0.3, 0.4) is 0 Å². The van der Waals surface area contributed by atoms with Crippen LogP contribution in [0.5, 0.6) is 5.88 Å². The number of nitrogens with zero attached hydrogens (tertiary/aromatic N) is 3. The summed E-state index contributed by atoms with van der Waals surface area (Å²) in [4.78, 5) is 10.9. The van der Waals surface area contributed by atoms with Crippen molar-refractivity contribution in [2.45, 2.75) is 31.6 Å². The molecule has 0 bridgehead atoms. The van der Waals surface area contributed by atoms with Crippen molar-refractivity contribution in [3.8, 4) is 5.88 Å². The molecular formula is C17H26N4O3. The van der Waals surface area contributed by atoms with Gasteiger partial charge >= 0.3 is 0 Å². The Morgan fingerprint density at radius 2 is 2.25 bits per heavy atom. The number of nitrogens with one attached hydrogen (secondary N) is 1. The van der Waals surface area contributed by atoms with E-state index in [9.17, 15) is 0 Å². The first-order chi connectivity index (χ1) is 11.8. The molecule has 0 spiro atoms. The highest BCUT2D eigenvalue weighted by Gasteiger charge is 2.32. The van der Waals surface area contributed by atoms with E-state index in [1.165, 1.54) is 0 Å². The van der Waals surface area contributed by atoms with Gasteiger partial charge in [-0.25, -0.2) is 4.98 Å². The van der Waals surface area contributed by atoms with Gasteiger partial charge in [0.15, 0.2) is 5.96 Å². The molecule has 0 aromatic carbocycles. The number of hydrogen-bond acceptors (Lipinski definition) is 5. The van der Waals surface area contributed by atoms with Crippen molar-refractivity contribution in [2.24, 2.45) is 4.99 Å². The van der Waals surface area contributed by atoms with Crippen LogP contribution in [-0.2, 0) is 16.0 Å². The number of ether oxygens (including phenoxy) is 3. The molecule has 1 aromatic heterocycles. The zero-order valence-corrected chi connectivity index (χ0v) is 14.4. The minimum absolute atomic E-state index is 0.127. The highest BCUT2D eigenvalue weighted by molar-refractivity contribution is 5.80. The fourth-order valence-electron chi connectivity index (χ4n) is 3.14. The topological polar surface area (TPSA) is 68.2 Å². The Balaban J connectivity index is 1.54. The zero-order chi connectivity index (χ0) is 16.8. The van der Waals surface area contributed by atoms with Crippen molar-refractivity contribution in [1.82, 2.24) is 15.2 Å². The second kappa shape index (κ2) is 8.30. The van der Waals surface area contributed by atoms with Crippen LogP contribution in [0.15, 0.2) is 23.3 Å². The van der Waals surface area contributed by atoms with Crippen molar-refractivity contribution in [2.75, 3.05) is 40.5 Å². The molecule has 2 unspecified atom stereocenters. The van der Waals surface area contributed by atoms with Gasteiger partial charge in [0, 0.05) is 45.6 Å². The molecule has 7 nitrogen and oxygen atoms in total. The van der Waals surface area contributed by atoms with E-state index in [2.05, 4.69) is 20.2 Å². The molecule has 132 valence electrons. The molecule has 3 rings (SSSR count). The third kappa shape index (κ3) is 4.15. The predicted octanol–water partition coefficient (Wildman–Crippen LogP) is 1.05. The zero-order valence-electron chi connectivity index (χ0n) is 14.4. The summed E-state index contributed by atoms with van der Waals surface area (Å²) in [5.41, 5.74) is 1.08. The maximum Gasteiger partial charge on any atom is 0.212 e. The Bertz CT molecular complexity index is 543. The van der Waals surface area contributed by atoms with Gasteiger partial charge in [0.25, 0.3) is 0 Å². The Morgan fingerprint density at radius 3 is 2.92 bits per heavy atom. The van der Waals surface area contributed by atoms with Gasteiger partial charge in [0.1, 0.15) is 6.10 Å². The van der Waals surface area contributed by atoms with E-state index in [1.807, 2.05) is 25.4 Å². The number of aromatic nitrogens is 1. The van der Waals surface area contributed by atoms with Crippen LogP contribution in [0.2, 0.25) is 0 Å². The molecule has 2 fully saturated rings. The SMILES string of the molecule is CN=C(NCc1ccc(OC)nc1)N1CCOC(C2CCCO2)C1. The quantitative estimate of drug-likeness (QED) is 0.656. The first kappa shape index (κ1) is 17.0. The van der Waals surface area contributed by atoms with Gasteiger partial charge in [0.05, 0.1) is 19.8 Å². The Hall–Kier alpha value is -1.86. The van der Waals surface area contributed by atoms with E-state index in [1.54, 1.807) is 7.11 Å². The van der Waals surface area contributed by atoms with Crippen molar-refractivity contribution in [3.05, 3.63) is 23.9 Å². The van der Waals surface area contributed by atoms with Gasteiger partial charge < -0.3 is 24.4 Å². The summed E-state index contributed by atoms with van der Waals surface area (Å²) in [6, 6.07) is 3.86. The van der Waals surface area contributed by atoms with E-state index >= 15 is 0 Å². The summed E-state index contributed by atoms with van der Waals surface area (Å²) >= 11 is 0. The lowest BCUT2D eigenvalue weighted by molar-refractivity contribution is -0.0817. The highest BCUT2D eigenvalue weighted by Crippen LogP contribution is 2.21. The Morgan fingerprint density at radius 1 is 1.38 bits per heavy atom. The second-order valence-electron chi connectivity index (χ2n) is 6.02. The van der Waals surface area contributed by atoms with Gasteiger partial charge in [0.2, 0.25) is 5.88 Å². The molecule has 2 aliphatic rings. The van der Waals surface area contributed by atoms with E-state index in [0.29, 0.717) is 19.0 Å². The molecule has 0 aliphatic carbocycles. The maximum absolute atomic E-state index is 5.90. The standard InChI is InChI=1S/C17H26N4O3/c1-18-17(20-11-13-5-6-16(22-2)19-10-13)21-7-9-24-15(12-21)14-4-3-8-23-14/h5-6,10,14-15H,3-4,7-9,11-12H2,1-2H3,(H,18,20). The summed E-state index contributed by atoms with van der Waals surface area (Å²) in [6.45, 7) is 3.87. The molecule has 24 heavy (non-hydrogen) atoms. The van der Waals surface area contributed by atoms with Gasteiger partial charge in [-0.2, -0.15) is 0 Å². The van der Waals surface area contributed by atoms with Gasteiger partial charge in [-0.15, -0.1) is 0 Å². The van der Waals surface area contributed by atoms with E-state index < -0.39 is 0 Å². The molecule has 0 saturated carbocycles. The van der Waals surface area contributed by atoms with Gasteiger partial charge in [-0.1, -0.05) is 6.07 Å². The third-order valence-corrected chi connectivity index (χ3v) is 4.44. The average Bonchev–Trinajstić information content (AvgIpc) is 3.18. The maximum atomic E-state index is 5.90. The van der Waals surface area contributed by atoms with Crippen molar-refractivity contribution in [3.63, 3.8) is 0 Å². The molecular weight excluding hydrogens is 308 g/mol. The summed E-state index contributed by atoms with van der Waals surface area (Å²) in [5.74, 6) is 1.51. The van der Waals surface area contributed by atoms with Crippen molar-refractivity contribution in [1.29, 1.82) is 0 Å². The van der Waals surface area contributed by atoms with Crippen molar-refractivity contribution >= 4 is 5.96 Å². The van der Waals surface area contributed by atoms with Crippen LogP contribution in [0.25, 0.3) is 0 Å². The smallest absolute Gasteiger partial charge is 0.212 e. The number of rotatable bonds is 4. The van der Waals surface area contributed by atoms with Crippen LogP contribution < -0.4 is 10.1 Å². The lowest BCUT2D eigenvalue weighted by Crippen LogP contribution is -2.53. The third-order valence-electron chi connectivity index (χ3n) is 4.44. The number of guanidine groups is 1. The highest BCUT2D eigenvalue weighted by atomic mass is 16.5. The first-order valence-electron chi connectivity index (χ1n) is 8.48. The predicted molar refractivity (Wildman–Crippen MR) is 91.3 cm³/mol. The molecule has 2 aliphatic heterocycles. The number of methoxy groups -OCH3 is 1. The normalized spacial score (nSPS) is 24.9. The number of morpholine rings is 1. The molecule has 2 saturated heterocycles. The van der Waals surface area contributed by atoms with Crippen LogP contribution in [0.1, 0.15) is 18.4 Å². The number of pyridine rings is 1. The number of hydrogen-bond donors (Lipinski definition) is 1. The summed E-state index contributed by atoms with van der Waals surface area (Å²) in [5, 5.41) is 3.40. The minimum atomic E-state index is 0.127. The van der Waals surface area contributed by atoms with E-state index in [4.69, 9.17) is 14.2 Å². The lowest BCUT2D eigenvalue weighted by atomic mass is 10.1. The summed E-state index contributed by atoms with van der Waals surface area (Å²) < 4.78 is 16.8. The number of aliphatic imine (C=N–C) groups is 1. The van der Waals surface area contributed by atoms with E-state index in [0.717, 1.165) is 44.1 Å². The largest absolute Gasteiger partial charge is 0.481 e. The van der Waals surface area contributed by atoms with Crippen LogP contribution >= 0.6 is 0 Å². The van der Waals surface area contributed by atoms with Gasteiger partial charge in [-0.3, -0.25) is 4.99 Å².